The number of imidazole rings is 2. The first kappa shape index (κ1) is 30.8. The molecule has 0 aliphatic rings. The second-order valence-electron chi connectivity index (χ2n) is 10.2. The largest absolute Gasteiger partial charge is 0.508 e. The number of carboxylic acids is 1. The molecule has 0 fully saturated rings. The van der Waals surface area contributed by atoms with E-state index in [9.17, 15) is 29.4 Å². The van der Waals surface area contributed by atoms with Gasteiger partial charge in [0, 0.05) is 43.0 Å². The highest BCUT2D eigenvalue weighted by Gasteiger charge is 2.31. The standard InChI is InChI=1S/C27H36N8O6/c1-15(2)7-20(28)24(37)33-21(8-16-3-5-19(36)6-4-16)25(38)34-22(9-17-11-29-13-31-17)26(39)35-23(27(40)41)10-18-12-30-14-32-18/h3-6,11-15,20-23,36H,7-10,28H2,1-2H3,(H,29,31)(H,30,32)(H,33,37)(H,34,38)(H,35,39)(H,40,41). The van der Waals surface area contributed by atoms with E-state index in [1.165, 1.54) is 37.2 Å². The number of carbonyl (C=O) groups is 4. The highest BCUT2D eigenvalue weighted by Crippen LogP contribution is 2.13. The number of carboxylic acid groups (broad SMARTS) is 1. The number of nitrogens with one attached hydrogen (secondary N) is 5. The van der Waals surface area contributed by atoms with E-state index >= 15 is 0 Å². The summed E-state index contributed by atoms with van der Waals surface area (Å²) in [6.45, 7) is 3.84. The van der Waals surface area contributed by atoms with Crippen LogP contribution in [0.25, 0.3) is 0 Å². The quantitative estimate of drug-likeness (QED) is 0.121. The van der Waals surface area contributed by atoms with Gasteiger partial charge in [-0.1, -0.05) is 26.0 Å². The van der Waals surface area contributed by atoms with Gasteiger partial charge in [0.2, 0.25) is 17.7 Å². The van der Waals surface area contributed by atoms with Crippen molar-refractivity contribution in [1.82, 2.24) is 35.9 Å². The smallest absolute Gasteiger partial charge is 0.326 e. The molecule has 3 amide bonds. The number of aromatic nitrogens is 4. The third kappa shape index (κ3) is 9.76. The minimum atomic E-state index is -1.30. The predicted octanol–water partition coefficient (Wildman–Crippen LogP) is -0.221. The van der Waals surface area contributed by atoms with E-state index in [1.54, 1.807) is 12.1 Å². The van der Waals surface area contributed by atoms with E-state index in [4.69, 9.17) is 5.73 Å². The highest BCUT2D eigenvalue weighted by atomic mass is 16.4. The lowest BCUT2D eigenvalue weighted by molar-refractivity contribution is -0.142. The normalized spacial score (nSPS) is 14.0. The van der Waals surface area contributed by atoms with E-state index in [2.05, 4.69) is 35.9 Å². The number of phenolic OH excluding ortho intramolecular Hbond substituents is 1. The number of rotatable bonds is 15. The van der Waals surface area contributed by atoms with Gasteiger partial charge in [0.15, 0.2) is 0 Å². The second-order valence-corrected chi connectivity index (χ2v) is 10.2. The number of aliphatic carboxylic acids is 1. The Kier molecular flexibility index (Phi) is 11.0. The molecule has 0 saturated heterocycles. The molecule has 4 unspecified atom stereocenters. The molecule has 220 valence electrons. The summed E-state index contributed by atoms with van der Waals surface area (Å²) in [4.78, 5) is 65.1. The molecule has 0 aliphatic heterocycles. The molecule has 2 heterocycles. The lowest BCUT2D eigenvalue weighted by atomic mass is 10.0. The van der Waals surface area contributed by atoms with E-state index < -0.39 is 47.9 Å². The van der Waals surface area contributed by atoms with Crippen molar-refractivity contribution in [1.29, 1.82) is 0 Å². The Bertz CT molecular complexity index is 1280. The van der Waals surface area contributed by atoms with Crippen molar-refractivity contribution in [2.45, 2.75) is 63.7 Å². The number of carbonyl (C=O) groups excluding carboxylic acids is 3. The summed E-state index contributed by atoms with van der Waals surface area (Å²) in [5, 5.41) is 27.1. The summed E-state index contributed by atoms with van der Waals surface area (Å²) in [5.74, 6) is -3.04. The van der Waals surface area contributed by atoms with E-state index in [-0.39, 0.29) is 30.9 Å². The van der Waals surface area contributed by atoms with Crippen molar-refractivity contribution in [2.75, 3.05) is 0 Å². The topological polar surface area (TPSA) is 228 Å². The maximum absolute atomic E-state index is 13.6. The van der Waals surface area contributed by atoms with Crippen LogP contribution in [0.3, 0.4) is 0 Å². The lowest BCUT2D eigenvalue weighted by Gasteiger charge is -2.25. The number of H-pyrrole nitrogens is 2. The number of nitrogens with zero attached hydrogens (tertiary/aromatic N) is 2. The van der Waals surface area contributed by atoms with Crippen molar-refractivity contribution in [3.8, 4) is 5.75 Å². The number of amides is 3. The molecule has 2 aromatic heterocycles. The Morgan fingerprint density at radius 3 is 1.78 bits per heavy atom. The number of phenols is 1. The van der Waals surface area contributed by atoms with Crippen molar-refractivity contribution >= 4 is 23.7 Å². The van der Waals surface area contributed by atoms with Crippen molar-refractivity contribution in [3.05, 3.63) is 66.3 Å². The Labute approximate surface area is 236 Å². The summed E-state index contributed by atoms with van der Waals surface area (Å²) < 4.78 is 0. The van der Waals surface area contributed by atoms with Crippen LogP contribution in [0.2, 0.25) is 0 Å². The Morgan fingerprint density at radius 2 is 1.29 bits per heavy atom. The molecule has 0 radical (unpaired) electrons. The average Bonchev–Trinajstić information content (AvgIpc) is 3.62. The van der Waals surface area contributed by atoms with Gasteiger partial charge in [-0.25, -0.2) is 14.8 Å². The van der Waals surface area contributed by atoms with Gasteiger partial charge in [-0.2, -0.15) is 0 Å². The Balaban J connectivity index is 1.81. The molecular formula is C27H36N8O6. The predicted molar refractivity (Wildman–Crippen MR) is 147 cm³/mol. The van der Waals surface area contributed by atoms with Crippen LogP contribution in [-0.4, -0.2) is 78.0 Å². The van der Waals surface area contributed by atoms with Gasteiger partial charge in [-0.05, 0) is 30.0 Å². The zero-order chi connectivity index (χ0) is 29.9. The first-order chi connectivity index (χ1) is 19.5. The third-order valence-corrected chi connectivity index (χ3v) is 6.28. The van der Waals surface area contributed by atoms with Crippen LogP contribution in [-0.2, 0) is 38.4 Å². The maximum Gasteiger partial charge on any atom is 0.326 e. The molecule has 0 bridgehead atoms. The van der Waals surface area contributed by atoms with Crippen LogP contribution in [0, 0.1) is 5.92 Å². The number of aromatic amines is 2. The average molecular weight is 569 g/mol. The summed E-state index contributed by atoms with van der Waals surface area (Å²) in [7, 11) is 0. The van der Waals surface area contributed by atoms with E-state index in [0.29, 0.717) is 23.4 Å². The first-order valence-corrected chi connectivity index (χ1v) is 13.1. The molecule has 3 rings (SSSR count). The van der Waals surface area contributed by atoms with E-state index in [0.717, 1.165) is 0 Å². The van der Waals surface area contributed by atoms with Crippen LogP contribution in [0.5, 0.6) is 5.75 Å². The molecule has 0 spiro atoms. The van der Waals surface area contributed by atoms with Crippen LogP contribution in [0.1, 0.15) is 37.2 Å². The van der Waals surface area contributed by atoms with Crippen LogP contribution in [0.15, 0.2) is 49.3 Å². The minimum Gasteiger partial charge on any atom is -0.508 e. The molecular weight excluding hydrogens is 532 g/mol. The molecule has 4 atom stereocenters. The van der Waals surface area contributed by atoms with Crippen LogP contribution in [0.4, 0.5) is 0 Å². The number of nitrogens with two attached hydrogens (primary N) is 1. The van der Waals surface area contributed by atoms with E-state index in [1.807, 2.05) is 13.8 Å². The maximum atomic E-state index is 13.6. The molecule has 1 aromatic carbocycles. The summed E-state index contributed by atoms with van der Waals surface area (Å²) in [5.41, 5.74) is 7.70. The van der Waals surface area contributed by atoms with Crippen LogP contribution >= 0.6 is 0 Å². The van der Waals surface area contributed by atoms with Crippen molar-refractivity contribution < 1.29 is 29.4 Å². The summed E-state index contributed by atoms with van der Waals surface area (Å²) >= 11 is 0. The van der Waals surface area contributed by atoms with Crippen molar-refractivity contribution in [2.24, 2.45) is 11.7 Å². The van der Waals surface area contributed by atoms with Gasteiger partial charge in [0.25, 0.3) is 0 Å². The van der Waals surface area contributed by atoms with Gasteiger partial charge < -0.3 is 41.9 Å². The molecule has 9 N–H and O–H groups in total. The number of hydrogen-bond acceptors (Lipinski definition) is 8. The molecule has 0 aliphatic carbocycles. The molecule has 14 heteroatoms. The highest BCUT2D eigenvalue weighted by molar-refractivity contribution is 5.94. The first-order valence-electron chi connectivity index (χ1n) is 13.1. The molecule has 0 saturated carbocycles. The van der Waals surface area contributed by atoms with Gasteiger partial charge in [0.05, 0.1) is 18.7 Å². The minimum absolute atomic E-state index is 0.0271. The molecule has 14 nitrogen and oxygen atoms in total. The SMILES string of the molecule is CC(C)CC(N)C(=O)NC(Cc1ccc(O)cc1)C(=O)NC(Cc1cnc[nH]1)C(=O)NC(Cc1cnc[nH]1)C(=O)O. The van der Waals surface area contributed by atoms with Crippen LogP contribution < -0.4 is 21.7 Å². The fraction of sp³-hybridized carbons (Fsp3) is 0.407. The summed E-state index contributed by atoms with van der Waals surface area (Å²) in [6.07, 6.45) is 6.10. The Morgan fingerprint density at radius 1 is 0.805 bits per heavy atom. The summed E-state index contributed by atoms with van der Waals surface area (Å²) in [6, 6.07) is 1.64. The zero-order valence-corrected chi connectivity index (χ0v) is 22.8. The fourth-order valence-corrected chi connectivity index (χ4v) is 4.16. The molecule has 3 aromatic rings. The third-order valence-electron chi connectivity index (χ3n) is 6.28. The number of hydrogen-bond donors (Lipinski definition) is 8. The monoisotopic (exact) mass is 568 g/mol. The van der Waals surface area contributed by atoms with Gasteiger partial charge in [-0.15, -0.1) is 0 Å². The Hall–Kier alpha value is -4.72. The number of benzene rings is 1. The zero-order valence-electron chi connectivity index (χ0n) is 22.8. The second kappa shape index (κ2) is 14.6. The fourth-order valence-electron chi connectivity index (χ4n) is 4.16. The molecule has 41 heavy (non-hydrogen) atoms. The van der Waals surface area contributed by atoms with Crippen molar-refractivity contribution in [3.63, 3.8) is 0 Å². The van der Waals surface area contributed by atoms with Gasteiger partial charge in [0.1, 0.15) is 23.9 Å². The van der Waals surface area contributed by atoms with Gasteiger partial charge >= 0.3 is 5.97 Å². The lowest BCUT2D eigenvalue weighted by Crippen LogP contribution is -2.58. The van der Waals surface area contributed by atoms with Gasteiger partial charge in [-0.3, -0.25) is 14.4 Å². The number of aromatic hydroxyl groups is 1.